The summed E-state index contributed by atoms with van der Waals surface area (Å²) in [6, 6.07) is 17.7. The molecule has 0 saturated heterocycles. The Morgan fingerprint density at radius 3 is 2.20 bits per heavy atom. The molecule has 1 N–H and O–H groups in total. The first-order valence-electron chi connectivity index (χ1n) is 10.5. The van der Waals surface area contributed by atoms with Gasteiger partial charge < -0.3 is 10.2 Å². The number of nitrogens with one attached hydrogen (secondary N) is 1. The molecule has 0 saturated carbocycles. The van der Waals surface area contributed by atoms with Crippen molar-refractivity contribution in [2.45, 2.75) is 64.9 Å². The topological polar surface area (TPSA) is 49.4 Å². The molecule has 0 bridgehead atoms. The lowest BCUT2D eigenvalue weighted by Gasteiger charge is -2.33. The Kier molecular flexibility index (Phi) is 8.97. The lowest BCUT2D eigenvalue weighted by molar-refractivity contribution is -0.140. The summed E-state index contributed by atoms with van der Waals surface area (Å²) in [6.07, 6.45) is 0.573. The van der Waals surface area contributed by atoms with Gasteiger partial charge in [0.05, 0.1) is 5.75 Å². The normalized spacial score (nSPS) is 12.3. The Morgan fingerprint density at radius 1 is 1.00 bits per heavy atom. The van der Waals surface area contributed by atoms with Gasteiger partial charge in [-0.05, 0) is 45.2 Å². The zero-order valence-electron chi connectivity index (χ0n) is 18.8. The van der Waals surface area contributed by atoms with Crippen LogP contribution in [0.5, 0.6) is 0 Å². The number of carbonyl (C=O) groups is 2. The van der Waals surface area contributed by atoms with Gasteiger partial charge >= 0.3 is 0 Å². The van der Waals surface area contributed by atoms with Gasteiger partial charge in [0, 0.05) is 17.8 Å². The van der Waals surface area contributed by atoms with Gasteiger partial charge in [-0.3, -0.25) is 9.59 Å². The average molecular weight is 427 g/mol. The van der Waals surface area contributed by atoms with Gasteiger partial charge in [-0.15, -0.1) is 11.8 Å². The minimum absolute atomic E-state index is 0.00752. The van der Waals surface area contributed by atoms with Crippen molar-refractivity contribution in [3.8, 4) is 0 Å². The predicted molar refractivity (Wildman–Crippen MR) is 126 cm³/mol. The third-order valence-corrected chi connectivity index (χ3v) is 5.68. The Labute approximate surface area is 185 Å². The summed E-state index contributed by atoms with van der Waals surface area (Å²) in [5.41, 5.74) is 3.11. The van der Waals surface area contributed by atoms with Crippen molar-refractivity contribution in [1.82, 2.24) is 10.2 Å². The van der Waals surface area contributed by atoms with Gasteiger partial charge in [-0.25, -0.2) is 0 Å². The summed E-state index contributed by atoms with van der Waals surface area (Å²) in [7, 11) is 0. The third kappa shape index (κ3) is 7.86. The van der Waals surface area contributed by atoms with E-state index in [1.807, 2.05) is 58.0 Å². The van der Waals surface area contributed by atoms with Gasteiger partial charge in [0.25, 0.3) is 0 Å². The highest BCUT2D eigenvalue weighted by Crippen LogP contribution is 2.18. The molecular formula is C25H34N2O2S. The number of thioether (sulfide) groups is 1. The van der Waals surface area contributed by atoms with Crippen LogP contribution in [0, 0.1) is 6.92 Å². The molecule has 0 aliphatic rings. The van der Waals surface area contributed by atoms with Crippen LogP contribution in [-0.4, -0.2) is 34.0 Å². The molecule has 0 aliphatic carbocycles. The molecule has 0 heterocycles. The van der Waals surface area contributed by atoms with Crippen LogP contribution in [0.2, 0.25) is 0 Å². The number of nitrogens with zero attached hydrogens (tertiary/aromatic N) is 1. The summed E-state index contributed by atoms with van der Waals surface area (Å²) in [6.45, 7) is 10.3. The number of amides is 2. The Balaban J connectivity index is 2.11. The van der Waals surface area contributed by atoms with Crippen molar-refractivity contribution in [1.29, 1.82) is 0 Å². The number of benzene rings is 2. The summed E-state index contributed by atoms with van der Waals surface area (Å²) in [4.78, 5) is 27.9. The Bertz CT molecular complexity index is 813. The van der Waals surface area contributed by atoms with Crippen LogP contribution in [0.1, 0.15) is 50.8 Å². The molecule has 4 nitrogen and oxygen atoms in total. The molecule has 2 rings (SSSR count). The van der Waals surface area contributed by atoms with Crippen molar-refractivity contribution in [3.63, 3.8) is 0 Å². The highest BCUT2D eigenvalue weighted by molar-refractivity contribution is 7.99. The van der Waals surface area contributed by atoms with E-state index in [-0.39, 0.29) is 17.4 Å². The van der Waals surface area contributed by atoms with E-state index in [1.54, 1.807) is 16.7 Å². The molecule has 2 aromatic carbocycles. The van der Waals surface area contributed by atoms with E-state index >= 15 is 0 Å². The van der Waals surface area contributed by atoms with E-state index in [2.05, 4.69) is 36.5 Å². The van der Waals surface area contributed by atoms with Gasteiger partial charge in [0.2, 0.25) is 11.8 Å². The van der Waals surface area contributed by atoms with Crippen LogP contribution < -0.4 is 5.32 Å². The maximum Gasteiger partial charge on any atom is 0.243 e. The largest absolute Gasteiger partial charge is 0.350 e. The SMILES string of the molecule is CC[C@H](C(=O)NC(C)(C)C)N(Cc1ccccc1)C(=O)CSCc1ccc(C)cc1. The zero-order valence-corrected chi connectivity index (χ0v) is 19.6. The fourth-order valence-electron chi connectivity index (χ4n) is 3.18. The van der Waals surface area contributed by atoms with Crippen LogP contribution in [0.15, 0.2) is 54.6 Å². The second kappa shape index (κ2) is 11.2. The zero-order chi connectivity index (χ0) is 22.1. The van der Waals surface area contributed by atoms with Crippen LogP contribution in [0.3, 0.4) is 0 Å². The summed E-state index contributed by atoms with van der Waals surface area (Å²) < 4.78 is 0. The minimum atomic E-state index is -0.489. The smallest absolute Gasteiger partial charge is 0.243 e. The first-order chi connectivity index (χ1) is 14.2. The van der Waals surface area contributed by atoms with Gasteiger partial charge in [-0.1, -0.05) is 67.1 Å². The molecular weight excluding hydrogens is 392 g/mol. The summed E-state index contributed by atoms with van der Waals surface area (Å²) >= 11 is 1.59. The van der Waals surface area contributed by atoms with Crippen molar-refractivity contribution in [2.75, 3.05) is 5.75 Å². The number of hydrogen-bond donors (Lipinski definition) is 1. The van der Waals surface area contributed by atoms with Crippen LogP contribution >= 0.6 is 11.8 Å². The molecule has 5 heteroatoms. The first kappa shape index (κ1) is 24.0. The van der Waals surface area contributed by atoms with Crippen LogP contribution in [0.25, 0.3) is 0 Å². The predicted octanol–water partition coefficient (Wildman–Crippen LogP) is 4.95. The molecule has 0 spiro atoms. The van der Waals surface area contributed by atoms with Gasteiger partial charge in [0.1, 0.15) is 6.04 Å². The molecule has 0 unspecified atom stereocenters. The Hall–Kier alpha value is -2.27. The standard InChI is InChI=1S/C25H34N2O2S/c1-6-22(24(29)26-25(3,4)5)27(16-20-10-8-7-9-11-20)23(28)18-30-17-21-14-12-19(2)13-15-21/h7-15,22H,6,16-18H2,1-5H3,(H,26,29)/t22-/m1/s1. The number of rotatable bonds is 9. The average Bonchev–Trinajstić information content (AvgIpc) is 2.68. The van der Waals surface area contributed by atoms with Gasteiger partial charge in [0.15, 0.2) is 0 Å². The minimum Gasteiger partial charge on any atom is -0.350 e. The summed E-state index contributed by atoms with van der Waals surface area (Å²) in [5.74, 6) is 1.01. The lowest BCUT2D eigenvalue weighted by atomic mass is 10.1. The number of carbonyl (C=O) groups excluding carboxylic acids is 2. The van der Waals surface area contributed by atoms with Crippen molar-refractivity contribution < 1.29 is 9.59 Å². The fraction of sp³-hybridized carbons (Fsp3) is 0.440. The molecule has 30 heavy (non-hydrogen) atoms. The highest BCUT2D eigenvalue weighted by Gasteiger charge is 2.30. The Morgan fingerprint density at radius 2 is 1.63 bits per heavy atom. The number of hydrogen-bond acceptors (Lipinski definition) is 3. The van der Waals surface area contributed by atoms with E-state index in [1.165, 1.54) is 11.1 Å². The van der Waals surface area contributed by atoms with Gasteiger partial charge in [-0.2, -0.15) is 0 Å². The molecule has 162 valence electrons. The van der Waals surface area contributed by atoms with E-state index in [4.69, 9.17) is 0 Å². The maximum atomic E-state index is 13.2. The molecule has 2 amide bonds. The second-order valence-corrected chi connectivity index (χ2v) is 9.63. The van der Waals surface area contributed by atoms with Crippen molar-refractivity contribution in [3.05, 3.63) is 71.3 Å². The fourth-order valence-corrected chi connectivity index (χ4v) is 4.05. The quantitative estimate of drug-likeness (QED) is 0.617. The molecule has 2 aromatic rings. The highest BCUT2D eigenvalue weighted by atomic mass is 32.2. The maximum absolute atomic E-state index is 13.2. The lowest BCUT2D eigenvalue weighted by Crippen LogP contribution is -2.53. The van der Waals surface area contributed by atoms with E-state index in [0.29, 0.717) is 18.7 Å². The second-order valence-electron chi connectivity index (χ2n) is 8.65. The van der Waals surface area contributed by atoms with Crippen molar-refractivity contribution >= 4 is 23.6 Å². The molecule has 0 radical (unpaired) electrons. The van der Waals surface area contributed by atoms with Crippen LogP contribution in [-0.2, 0) is 21.9 Å². The molecule has 1 atom stereocenters. The molecule has 0 fully saturated rings. The monoisotopic (exact) mass is 426 g/mol. The molecule has 0 aliphatic heterocycles. The number of aryl methyl sites for hydroxylation is 1. The first-order valence-corrected chi connectivity index (χ1v) is 11.6. The summed E-state index contributed by atoms with van der Waals surface area (Å²) in [5, 5.41) is 3.04. The van der Waals surface area contributed by atoms with E-state index < -0.39 is 6.04 Å². The van der Waals surface area contributed by atoms with Crippen LogP contribution in [0.4, 0.5) is 0 Å². The molecule has 0 aromatic heterocycles. The van der Waals surface area contributed by atoms with E-state index in [0.717, 1.165) is 11.3 Å². The van der Waals surface area contributed by atoms with E-state index in [9.17, 15) is 9.59 Å². The van der Waals surface area contributed by atoms with Crippen molar-refractivity contribution in [2.24, 2.45) is 0 Å². The third-order valence-electron chi connectivity index (χ3n) is 4.69.